The van der Waals surface area contributed by atoms with Crippen molar-refractivity contribution < 1.29 is 12.8 Å². The molecule has 0 bridgehead atoms. The third kappa shape index (κ3) is 2.51. The van der Waals surface area contributed by atoms with Crippen LogP contribution in [0.15, 0.2) is 40.1 Å². The van der Waals surface area contributed by atoms with Crippen molar-refractivity contribution in [2.45, 2.75) is 43.2 Å². The Morgan fingerprint density at radius 1 is 1.40 bits per heavy atom. The molecule has 1 fully saturated rings. The van der Waals surface area contributed by atoms with E-state index in [0.717, 1.165) is 25.7 Å². The molecule has 7 heteroatoms. The predicted octanol–water partition coefficient (Wildman–Crippen LogP) is 2.14. The molecule has 6 nitrogen and oxygen atoms in total. The van der Waals surface area contributed by atoms with Crippen LogP contribution in [0.2, 0.25) is 0 Å². The van der Waals surface area contributed by atoms with Crippen LogP contribution in [0.1, 0.15) is 31.4 Å². The molecule has 3 rings (SSSR count). The van der Waals surface area contributed by atoms with Gasteiger partial charge in [-0.1, -0.05) is 12.8 Å². The summed E-state index contributed by atoms with van der Waals surface area (Å²) in [4.78, 5) is 0.205. The number of hydrogen-bond donors (Lipinski definition) is 1. The molecule has 0 amide bonds. The Morgan fingerprint density at radius 3 is 2.80 bits per heavy atom. The standard InChI is InChI=1S/C13H17N3O3S/c17-20(18,13-8-14-15-9-13)16(11-4-1-2-5-11)10-12-6-3-7-19-12/h3,6-9,11H,1-2,4-5,10H2,(H,14,15). The summed E-state index contributed by atoms with van der Waals surface area (Å²) in [5.74, 6) is 0.656. The van der Waals surface area contributed by atoms with Crippen molar-refractivity contribution in [2.24, 2.45) is 0 Å². The van der Waals surface area contributed by atoms with E-state index in [0.29, 0.717) is 5.76 Å². The topological polar surface area (TPSA) is 79.2 Å². The zero-order valence-corrected chi connectivity index (χ0v) is 11.8. The fraction of sp³-hybridized carbons (Fsp3) is 0.462. The van der Waals surface area contributed by atoms with Crippen molar-refractivity contribution in [3.05, 3.63) is 36.5 Å². The van der Waals surface area contributed by atoms with Gasteiger partial charge in [-0.3, -0.25) is 5.10 Å². The van der Waals surface area contributed by atoms with Gasteiger partial charge in [0.2, 0.25) is 10.0 Å². The average Bonchev–Trinajstić information content (AvgIpc) is 3.16. The number of hydrogen-bond acceptors (Lipinski definition) is 4. The minimum Gasteiger partial charge on any atom is -0.468 e. The fourth-order valence-electron chi connectivity index (χ4n) is 2.67. The molecule has 2 heterocycles. The number of nitrogens with one attached hydrogen (secondary N) is 1. The summed E-state index contributed by atoms with van der Waals surface area (Å²) in [6.07, 6.45) is 8.27. The summed E-state index contributed by atoms with van der Waals surface area (Å²) < 4.78 is 32.3. The maximum absolute atomic E-state index is 12.7. The van der Waals surface area contributed by atoms with Gasteiger partial charge in [0.15, 0.2) is 0 Å². The Morgan fingerprint density at radius 2 is 2.20 bits per heavy atom. The summed E-state index contributed by atoms with van der Waals surface area (Å²) in [6, 6.07) is 3.61. The van der Waals surface area contributed by atoms with Crippen molar-refractivity contribution >= 4 is 10.0 Å². The van der Waals surface area contributed by atoms with Crippen LogP contribution in [0.5, 0.6) is 0 Å². The van der Waals surface area contributed by atoms with Crippen LogP contribution in [0, 0.1) is 0 Å². The summed E-state index contributed by atoms with van der Waals surface area (Å²) in [5, 5.41) is 6.30. The lowest BCUT2D eigenvalue weighted by Gasteiger charge is -2.26. The molecular weight excluding hydrogens is 278 g/mol. The lowest BCUT2D eigenvalue weighted by atomic mass is 10.2. The lowest BCUT2D eigenvalue weighted by molar-refractivity contribution is 0.292. The average molecular weight is 295 g/mol. The highest BCUT2D eigenvalue weighted by Gasteiger charge is 2.34. The third-order valence-corrected chi connectivity index (χ3v) is 5.57. The zero-order chi connectivity index (χ0) is 14.0. The molecule has 0 spiro atoms. The van der Waals surface area contributed by atoms with Crippen molar-refractivity contribution in [2.75, 3.05) is 0 Å². The molecule has 108 valence electrons. The van der Waals surface area contributed by atoms with Gasteiger partial charge in [-0.2, -0.15) is 9.40 Å². The van der Waals surface area contributed by atoms with E-state index in [1.807, 2.05) is 0 Å². The van der Waals surface area contributed by atoms with Gasteiger partial charge in [-0.25, -0.2) is 8.42 Å². The molecule has 2 aromatic heterocycles. The van der Waals surface area contributed by atoms with Crippen molar-refractivity contribution in [3.8, 4) is 0 Å². The molecule has 20 heavy (non-hydrogen) atoms. The summed E-state index contributed by atoms with van der Waals surface area (Å²) in [7, 11) is -3.54. The molecule has 1 aliphatic rings. The highest BCUT2D eigenvalue weighted by molar-refractivity contribution is 7.89. The number of sulfonamides is 1. The van der Waals surface area contributed by atoms with Gasteiger partial charge in [0, 0.05) is 12.2 Å². The van der Waals surface area contributed by atoms with Crippen molar-refractivity contribution in [1.29, 1.82) is 0 Å². The molecule has 1 N–H and O–H groups in total. The van der Waals surface area contributed by atoms with E-state index < -0.39 is 10.0 Å². The number of rotatable bonds is 5. The van der Waals surface area contributed by atoms with Crippen LogP contribution in [0.3, 0.4) is 0 Å². The smallest absolute Gasteiger partial charge is 0.246 e. The second kappa shape index (κ2) is 5.41. The second-order valence-corrected chi connectivity index (χ2v) is 6.89. The third-order valence-electron chi connectivity index (χ3n) is 3.70. The molecule has 0 saturated heterocycles. The molecule has 0 unspecified atom stereocenters. The Labute approximate surface area is 117 Å². The first-order valence-electron chi connectivity index (χ1n) is 6.71. The Hall–Kier alpha value is -1.60. The van der Waals surface area contributed by atoms with E-state index in [-0.39, 0.29) is 17.5 Å². The normalized spacial score (nSPS) is 17.1. The highest BCUT2D eigenvalue weighted by atomic mass is 32.2. The van der Waals surface area contributed by atoms with E-state index >= 15 is 0 Å². The summed E-state index contributed by atoms with van der Waals surface area (Å²) in [6.45, 7) is 0.269. The second-order valence-electron chi connectivity index (χ2n) is 5.00. The van der Waals surface area contributed by atoms with Crippen LogP contribution < -0.4 is 0 Å². The minimum absolute atomic E-state index is 0.0417. The molecule has 1 saturated carbocycles. The predicted molar refractivity (Wildman–Crippen MR) is 72.3 cm³/mol. The SMILES string of the molecule is O=S(=O)(c1cn[nH]c1)N(Cc1ccco1)C1CCCC1. The molecule has 0 aromatic carbocycles. The van der Waals surface area contributed by atoms with E-state index in [1.54, 1.807) is 22.7 Å². The maximum atomic E-state index is 12.7. The van der Waals surface area contributed by atoms with Gasteiger partial charge in [-0.05, 0) is 25.0 Å². The minimum atomic E-state index is -3.54. The Balaban J connectivity index is 1.92. The van der Waals surface area contributed by atoms with Crippen LogP contribution >= 0.6 is 0 Å². The first-order chi connectivity index (χ1) is 9.68. The number of nitrogens with zero attached hydrogens (tertiary/aromatic N) is 2. The van der Waals surface area contributed by atoms with Crippen LogP contribution in [0.25, 0.3) is 0 Å². The molecule has 0 radical (unpaired) electrons. The van der Waals surface area contributed by atoms with Gasteiger partial charge < -0.3 is 4.42 Å². The van der Waals surface area contributed by atoms with Crippen LogP contribution in [-0.2, 0) is 16.6 Å². The van der Waals surface area contributed by atoms with Gasteiger partial charge in [-0.15, -0.1) is 0 Å². The monoisotopic (exact) mass is 295 g/mol. The quantitative estimate of drug-likeness (QED) is 0.916. The van der Waals surface area contributed by atoms with E-state index in [9.17, 15) is 8.42 Å². The number of aromatic nitrogens is 2. The van der Waals surface area contributed by atoms with Gasteiger partial charge in [0.1, 0.15) is 10.7 Å². The molecular formula is C13H17N3O3S. The first-order valence-corrected chi connectivity index (χ1v) is 8.15. The summed E-state index contributed by atoms with van der Waals surface area (Å²) >= 11 is 0. The van der Waals surface area contributed by atoms with Crippen LogP contribution in [0.4, 0.5) is 0 Å². The summed E-state index contributed by atoms with van der Waals surface area (Å²) in [5.41, 5.74) is 0. The highest BCUT2D eigenvalue weighted by Crippen LogP contribution is 2.30. The van der Waals surface area contributed by atoms with E-state index in [1.165, 1.54) is 12.4 Å². The fourth-order valence-corrected chi connectivity index (χ4v) is 4.23. The van der Waals surface area contributed by atoms with Crippen LogP contribution in [-0.4, -0.2) is 29.0 Å². The number of furan rings is 1. The molecule has 1 aliphatic carbocycles. The van der Waals surface area contributed by atoms with Gasteiger partial charge >= 0.3 is 0 Å². The molecule has 2 aromatic rings. The Kier molecular flexibility index (Phi) is 3.62. The largest absolute Gasteiger partial charge is 0.468 e. The van der Waals surface area contributed by atoms with Crippen molar-refractivity contribution in [3.63, 3.8) is 0 Å². The van der Waals surface area contributed by atoms with Crippen molar-refractivity contribution in [1.82, 2.24) is 14.5 Å². The van der Waals surface area contributed by atoms with Gasteiger partial charge in [0.05, 0.1) is 19.0 Å². The Bertz CT molecular complexity index is 628. The van der Waals surface area contributed by atoms with E-state index in [4.69, 9.17) is 4.42 Å². The van der Waals surface area contributed by atoms with E-state index in [2.05, 4.69) is 10.2 Å². The molecule has 0 aliphatic heterocycles. The molecule has 0 atom stereocenters. The maximum Gasteiger partial charge on any atom is 0.246 e. The van der Waals surface area contributed by atoms with Gasteiger partial charge in [0.25, 0.3) is 0 Å². The first kappa shape index (κ1) is 13.4. The number of aromatic amines is 1. The number of H-pyrrole nitrogens is 1. The zero-order valence-electron chi connectivity index (χ0n) is 11.0. The lowest BCUT2D eigenvalue weighted by Crippen LogP contribution is -2.38.